The van der Waals surface area contributed by atoms with Gasteiger partial charge in [0, 0.05) is 13.7 Å². The number of anilines is 2. The van der Waals surface area contributed by atoms with E-state index < -0.39 is 0 Å². The van der Waals surface area contributed by atoms with E-state index in [1.807, 2.05) is 12.1 Å². The smallest absolute Gasteiger partial charge is 0.0739 e. The standard InChI is InChI=1S/C11H17ClN2O2/c1-15-7-8-16-6-5-14-10-4-2-3-9(12)11(10)13/h2-4,14H,5-8,13H2,1H3. The lowest BCUT2D eigenvalue weighted by atomic mass is 10.2. The Morgan fingerprint density at radius 3 is 2.88 bits per heavy atom. The predicted octanol–water partition coefficient (Wildman–Crippen LogP) is 2.00. The maximum absolute atomic E-state index is 5.88. The second-order valence-corrected chi connectivity index (χ2v) is 3.64. The van der Waals surface area contributed by atoms with Gasteiger partial charge in [-0.25, -0.2) is 0 Å². The quantitative estimate of drug-likeness (QED) is 0.569. The zero-order valence-electron chi connectivity index (χ0n) is 9.33. The maximum atomic E-state index is 5.88. The van der Waals surface area contributed by atoms with Crippen molar-refractivity contribution in [2.24, 2.45) is 0 Å². The van der Waals surface area contributed by atoms with Gasteiger partial charge in [-0.1, -0.05) is 17.7 Å². The normalized spacial score (nSPS) is 10.4. The van der Waals surface area contributed by atoms with E-state index in [0.29, 0.717) is 37.1 Å². The van der Waals surface area contributed by atoms with Crippen LogP contribution in [0.25, 0.3) is 0 Å². The Balaban J connectivity index is 2.24. The van der Waals surface area contributed by atoms with Crippen LogP contribution < -0.4 is 11.1 Å². The van der Waals surface area contributed by atoms with Crippen molar-refractivity contribution in [1.82, 2.24) is 0 Å². The van der Waals surface area contributed by atoms with Crippen molar-refractivity contribution in [3.63, 3.8) is 0 Å². The van der Waals surface area contributed by atoms with E-state index in [2.05, 4.69) is 5.32 Å². The minimum Gasteiger partial charge on any atom is -0.396 e. The van der Waals surface area contributed by atoms with Crippen molar-refractivity contribution in [3.05, 3.63) is 23.2 Å². The number of hydrogen-bond acceptors (Lipinski definition) is 4. The van der Waals surface area contributed by atoms with Gasteiger partial charge in [0.05, 0.1) is 36.2 Å². The zero-order chi connectivity index (χ0) is 11.8. The third-order valence-electron chi connectivity index (χ3n) is 2.05. The van der Waals surface area contributed by atoms with Gasteiger partial charge in [0.25, 0.3) is 0 Å². The van der Waals surface area contributed by atoms with Crippen LogP contribution in [-0.4, -0.2) is 33.5 Å². The molecule has 0 bridgehead atoms. The monoisotopic (exact) mass is 244 g/mol. The van der Waals surface area contributed by atoms with E-state index in [1.54, 1.807) is 13.2 Å². The Morgan fingerprint density at radius 1 is 1.31 bits per heavy atom. The highest BCUT2D eigenvalue weighted by atomic mass is 35.5. The number of para-hydroxylation sites is 1. The molecule has 1 aromatic rings. The Morgan fingerprint density at radius 2 is 2.12 bits per heavy atom. The highest BCUT2D eigenvalue weighted by molar-refractivity contribution is 6.33. The first-order valence-electron chi connectivity index (χ1n) is 5.10. The molecule has 90 valence electrons. The Hall–Kier alpha value is -0.970. The molecule has 0 radical (unpaired) electrons. The number of nitrogen functional groups attached to an aromatic ring is 1. The van der Waals surface area contributed by atoms with Gasteiger partial charge in [-0.2, -0.15) is 0 Å². The summed E-state index contributed by atoms with van der Waals surface area (Å²) in [5.74, 6) is 0. The van der Waals surface area contributed by atoms with Gasteiger partial charge in [-0.15, -0.1) is 0 Å². The molecule has 0 atom stereocenters. The van der Waals surface area contributed by atoms with Crippen molar-refractivity contribution >= 4 is 23.0 Å². The third kappa shape index (κ3) is 4.26. The molecule has 0 aromatic heterocycles. The topological polar surface area (TPSA) is 56.5 Å². The van der Waals surface area contributed by atoms with E-state index >= 15 is 0 Å². The van der Waals surface area contributed by atoms with Crippen LogP contribution >= 0.6 is 11.6 Å². The molecule has 3 N–H and O–H groups in total. The van der Waals surface area contributed by atoms with Gasteiger partial charge >= 0.3 is 0 Å². The van der Waals surface area contributed by atoms with Crippen LogP contribution in [0.3, 0.4) is 0 Å². The third-order valence-corrected chi connectivity index (χ3v) is 2.38. The summed E-state index contributed by atoms with van der Waals surface area (Å²) in [6, 6.07) is 5.50. The molecule has 0 heterocycles. The summed E-state index contributed by atoms with van der Waals surface area (Å²) in [5, 5.41) is 3.72. The number of nitrogens with one attached hydrogen (secondary N) is 1. The van der Waals surface area contributed by atoms with Gasteiger partial charge in [-0.05, 0) is 12.1 Å². The second-order valence-electron chi connectivity index (χ2n) is 3.23. The molecule has 0 spiro atoms. The van der Waals surface area contributed by atoms with E-state index in [0.717, 1.165) is 5.69 Å². The summed E-state index contributed by atoms with van der Waals surface area (Å²) < 4.78 is 10.2. The van der Waals surface area contributed by atoms with Gasteiger partial charge in [-0.3, -0.25) is 0 Å². The molecule has 0 aliphatic rings. The molecule has 0 aliphatic carbocycles. The first-order valence-corrected chi connectivity index (χ1v) is 5.48. The summed E-state index contributed by atoms with van der Waals surface area (Å²) in [6.07, 6.45) is 0. The summed E-state index contributed by atoms with van der Waals surface area (Å²) in [7, 11) is 1.65. The second kappa shape index (κ2) is 7.33. The van der Waals surface area contributed by atoms with Crippen LogP contribution in [0.5, 0.6) is 0 Å². The molecule has 0 saturated heterocycles. The molecule has 16 heavy (non-hydrogen) atoms. The lowest BCUT2D eigenvalue weighted by molar-refractivity contribution is 0.0759. The molecule has 0 amide bonds. The van der Waals surface area contributed by atoms with E-state index in [-0.39, 0.29) is 0 Å². The van der Waals surface area contributed by atoms with Crippen LogP contribution in [0.1, 0.15) is 0 Å². The van der Waals surface area contributed by atoms with Crippen molar-refractivity contribution < 1.29 is 9.47 Å². The summed E-state index contributed by atoms with van der Waals surface area (Å²) in [4.78, 5) is 0. The molecule has 4 nitrogen and oxygen atoms in total. The molecular formula is C11H17ClN2O2. The molecule has 1 rings (SSSR count). The zero-order valence-corrected chi connectivity index (χ0v) is 10.1. The fourth-order valence-electron chi connectivity index (χ4n) is 1.19. The number of ether oxygens (including phenoxy) is 2. The average molecular weight is 245 g/mol. The van der Waals surface area contributed by atoms with Crippen LogP contribution in [0.2, 0.25) is 5.02 Å². The first-order chi connectivity index (χ1) is 7.75. The molecule has 0 fully saturated rings. The van der Waals surface area contributed by atoms with Gasteiger partial charge in [0.15, 0.2) is 0 Å². The van der Waals surface area contributed by atoms with Crippen LogP contribution in [0, 0.1) is 0 Å². The molecule has 0 saturated carbocycles. The van der Waals surface area contributed by atoms with Gasteiger partial charge in [0.2, 0.25) is 0 Å². The van der Waals surface area contributed by atoms with Crippen LogP contribution in [0.4, 0.5) is 11.4 Å². The lowest BCUT2D eigenvalue weighted by Crippen LogP contribution is -2.12. The lowest BCUT2D eigenvalue weighted by Gasteiger charge is -2.10. The summed E-state index contributed by atoms with van der Waals surface area (Å²) >= 11 is 5.88. The number of hydrogen-bond donors (Lipinski definition) is 2. The highest BCUT2D eigenvalue weighted by Gasteiger charge is 2.01. The van der Waals surface area contributed by atoms with E-state index in [1.165, 1.54) is 0 Å². The first kappa shape index (κ1) is 13.1. The highest BCUT2D eigenvalue weighted by Crippen LogP contribution is 2.26. The minimum atomic E-state index is 0.560. The van der Waals surface area contributed by atoms with Crippen LogP contribution in [0.15, 0.2) is 18.2 Å². The largest absolute Gasteiger partial charge is 0.396 e. The molecule has 0 aliphatic heterocycles. The van der Waals surface area contributed by atoms with E-state index in [9.17, 15) is 0 Å². The maximum Gasteiger partial charge on any atom is 0.0739 e. The van der Waals surface area contributed by atoms with E-state index in [4.69, 9.17) is 26.8 Å². The predicted molar refractivity (Wildman–Crippen MR) is 67.0 cm³/mol. The number of halogens is 1. The number of benzene rings is 1. The average Bonchev–Trinajstić information content (AvgIpc) is 2.29. The van der Waals surface area contributed by atoms with Gasteiger partial charge < -0.3 is 20.5 Å². The molecule has 0 unspecified atom stereocenters. The molecule has 5 heteroatoms. The number of methoxy groups -OCH3 is 1. The van der Waals surface area contributed by atoms with Crippen molar-refractivity contribution in [3.8, 4) is 0 Å². The summed E-state index contributed by atoms with van der Waals surface area (Å²) in [5.41, 5.74) is 7.20. The number of rotatable bonds is 7. The SMILES string of the molecule is COCCOCCNc1cccc(Cl)c1N. The molecular weight excluding hydrogens is 228 g/mol. The fourth-order valence-corrected chi connectivity index (χ4v) is 1.37. The minimum absolute atomic E-state index is 0.560. The van der Waals surface area contributed by atoms with Crippen molar-refractivity contribution in [1.29, 1.82) is 0 Å². The van der Waals surface area contributed by atoms with Crippen molar-refractivity contribution in [2.45, 2.75) is 0 Å². The Bertz CT molecular complexity index is 321. The van der Waals surface area contributed by atoms with Crippen molar-refractivity contribution in [2.75, 3.05) is 44.5 Å². The summed E-state index contributed by atoms with van der Waals surface area (Å²) in [6.45, 7) is 2.51. The fraction of sp³-hybridized carbons (Fsp3) is 0.455. The van der Waals surface area contributed by atoms with Gasteiger partial charge in [0.1, 0.15) is 0 Å². The Labute approximate surface area is 101 Å². The Kier molecular flexibility index (Phi) is 6.00. The number of nitrogens with two attached hydrogens (primary N) is 1. The molecule has 1 aromatic carbocycles. The van der Waals surface area contributed by atoms with Crippen LogP contribution in [-0.2, 0) is 9.47 Å².